The number of anilines is 1. The molecule has 0 atom stereocenters. The van der Waals surface area contributed by atoms with Crippen molar-refractivity contribution in [2.24, 2.45) is 0 Å². The number of thiazole rings is 1. The number of thioether (sulfide) groups is 1. The van der Waals surface area contributed by atoms with Gasteiger partial charge >= 0.3 is 6.18 Å². The van der Waals surface area contributed by atoms with Crippen LogP contribution < -0.4 is 5.73 Å². The van der Waals surface area contributed by atoms with E-state index in [1.54, 1.807) is 18.2 Å². The summed E-state index contributed by atoms with van der Waals surface area (Å²) in [5.74, 6) is -0.0746. The molecule has 1 aromatic heterocycles. The number of hydrogen-bond acceptors (Lipinski definition) is 5. The summed E-state index contributed by atoms with van der Waals surface area (Å²) in [6, 6.07) is 5.30. The fourth-order valence-electron chi connectivity index (χ4n) is 1.23. The van der Waals surface area contributed by atoms with Crippen molar-refractivity contribution in [1.29, 1.82) is 0 Å². The van der Waals surface area contributed by atoms with Crippen molar-refractivity contribution in [3.63, 3.8) is 0 Å². The second-order valence-electron chi connectivity index (χ2n) is 3.43. The number of aromatic nitrogens is 1. The fraction of sp³-hybridized carbons (Fsp3) is 0.300. The van der Waals surface area contributed by atoms with Gasteiger partial charge in [0.05, 0.1) is 16.2 Å². The second kappa shape index (κ2) is 5.33. The van der Waals surface area contributed by atoms with Crippen molar-refractivity contribution in [3.05, 3.63) is 18.2 Å². The third-order valence-electron chi connectivity index (χ3n) is 1.92. The van der Waals surface area contributed by atoms with Crippen LogP contribution >= 0.6 is 23.1 Å². The van der Waals surface area contributed by atoms with Gasteiger partial charge in [-0.1, -0.05) is 11.8 Å². The first-order valence-electron chi connectivity index (χ1n) is 4.87. The molecule has 0 aliphatic rings. The third-order valence-corrected chi connectivity index (χ3v) is 3.96. The average Bonchev–Trinajstić information content (AvgIpc) is 2.65. The molecular formula is C10H9F3N2OS2. The number of nitrogens with two attached hydrogens (primary N) is 1. The van der Waals surface area contributed by atoms with Crippen molar-refractivity contribution in [2.45, 2.75) is 10.5 Å². The Morgan fingerprint density at radius 2 is 2.17 bits per heavy atom. The Labute approximate surface area is 109 Å². The van der Waals surface area contributed by atoms with Gasteiger partial charge < -0.3 is 10.5 Å². The number of nitrogen functional groups attached to an aromatic ring is 1. The highest BCUT2D eigenvalue weighted by Crippen LogP contribution is 2.30. The van der Waals surface area contributed by atoms with Crippen molar-refractivity contribution in [3.8, 4) is 0 Å². The number of halogens is 3. The van der Waals surface area contributed by atoms with E-state index in [2.05, 4.69) is 9.72 Å². The summed E-state index contributed by atoms with van der Waals surface area (Å²) >= 11 is 2.52. The summed E-state index contributed by atoms with van der Waals surface area (Å²) in [4.78, 5) is 4.25. The molecule has 0 bridgehead atoms. The molecule has 0 radical (unpaired) electrons. The maximum atomic E-state index is 11.8. The van der Waals surface area contributed by atoms with E-state index < -0.39 is 12.8 Å². The lowest BCUT2D eigenvalue weighted by Crippen LogP contribution is -2.16. The fourth-order valence-corrected chi connectivity index (χ4v) is 3.06. The van der Waals surface area contributed by atoms with E-state index >= 15 is 0 Å². The van der Waals surface area contributed by atoms with E-state index in [0.717, 1.165) is 22.0 Å². The molecule has 0 spiro atoms. The van der Waals surface area contributed by atoms with Gasteiger partial charge in [0, 0.05) is 5.69 Å². The van der Waals surface area contributed by atoms with E-state index in [1.165, 1.54) is 11.3 Å². The maximum absolute atomic E-state index is 11.8. The van der Waals surface area contributed by atoms with Crippen molar-refractivity contribution in [2.75, 3.05) is 18.3 Å². The zero-order valence-electron chi connectivity index (χ0n) is 9.03. The average molecular weight is 294 g/mol. The predicted octanol–water partition coefficient (Wildman–Crippen LogP) is 3.51. The molecule has 0 amide bonds. The normalized spacial score (nSPS) is 12.2. The molecule has 0 saturated heterocycles. The van der Waals surface area contributed by atoms with Crippen molar-refractivity contribution in [1.82, 2.24) is 4.98 Å². The molecular weight excluding hydrogens is 285 g/mol. The summed E-state index contributed by atoms with van der Waals surface area (Å²) in [5.41, 5.74) is 7.04. The van der Waals surface area contributed by atoms with Crippen LogP contribution in [0.4, 0.5) is 18.9 Å². The Hall–Kier alpha value is -0.990. The molecule has 0 saturated carbocycles. The largest absolute Gasteiger partial charge is 0.411 e. The van der Waals surface area contributed by atoms with E-state index in [-0.39, 0.29) is 5.94 Å². The van der Waals surface area contributed by atoms with E-state index in [1.807, 2.05) is 0 Å². The van der Waals surface area contributed by atoms with Gasteiger partial charge in [-0.15, -0.1) is 11.3 Å². The van der Waals surface area contributed by atoms with Gasteiger partial charge in [-0.25, -0.2) is 4.98 Å². The highest BCUT2D eigenvalue weighted by molar-refractivity contribution is 8.01. The minimum atomic E-state index is -4.29. The van der Waals surface area contributed by atoms with Crippen LogP contribution in [-0.2, 0) is 4.74 Å². The highest BCUT2D eigenvalue weighted by Gasteiger charge is 2.27. The van der Waals surface area contributed by atoms with Gasteiger partial charge in [0.2, 0.25) is 0 Å². The number of hydrogen-bond donors (Lipinski definition) is 1. The molecule has 1 heterocycles. The molecule has 18 heavy (non-hydrogen) atoms. The molecule has 98 valence electrons. The summed E-state index contributed by atoms with van der Waals surface area (Å²) in [5, 5.41) is 0. The molecule has 8 heteroatoms. The molecule has 0 aliphatic heterocycles. The Bertz CT molecular complexity index is 541. The number of rotatable bonds is 4. The van der Waals surface area contributed by atoms with Gasteiger partial charge in [0.1, 0.15) is 6.61 Å². The van der Waals surface area contributed by atoms with Gasteiger partial charge in [-0.2, -0.15) is 13.2 Å². The van der Waals surface area contributed by atoms with Crippen LogP contribution in [0.5, 0.6) is 0 Å². The van der Waals surface area contributed by atoms with E-state index in [4.69, 9.17) is 5.73 Å². The van der Waals surface area contributed by atoms with E-state index in [9.17, 15) is 13.2 Å². The van der Waals surface area contributed by atoms with Gasteiger partial charge in [0.15, 0.2) is 4.34 Å². The molecule has 2 N–H and O–H groups in total. The molecule has 2 rings (SSSR count). The van der Waals surface area contributed by atoms with E-state index in [0.29, 0.717) is 10.0 Å². The highest BCUT2D eigenvalue weighted by atomic mass is 32.2. The lowest BCUT2D eigenvalue weighted by molar-refractivity contribution is -0.168. The third kappa shape index (κ3) is 3.76. The lowest BCUT2D eigenvalue weighted by atomic mass is 10.3. The monoisotopic (exact) mass is 294 g/mol. The predicted molar refractivity (Wildman–Crippen MR) is 66.8 cm³/mol. The van der Waals surface area contributed by atoms with Crippen molar-refractivity contribution < 1.29 is 17.9 Å². The SMILES string of the molecule is Nc1ccc2nc(SCOCC(F)(F)F)sc2c1. The van der Waals surface area contributed by atoms with Crippen LogP contribution in [0, 0.1) is 0 Å². The number of fused-ring (bicyclic) bond motifs is 1. The Balaban J connectivity index is 1.92. The Morgan fingerprint density at radius 1 is 1.39 bits per heavy atom. The molecule has 1 aromatic carbocycles. The molecule has 0 aliphatic carbocycles. The number of nitrogens with zero attached hydrogens (tertiary/aromatic N) is 1. The quantitative estimate of drug-likeness (QED) is 0.406. The molecule has 0 fully saturated rings. The molecule has 0 unspecified atom stereocenters. The lowest BCUT2D eigenvalue weighted by Gasteiger charge is -2.05. The standard InChI is InChI=1S/C10H9F3N2OS2/c11-10(12,13)4-16-5-17-9-15-7-2-1-6(14)3-8(7)18-9/h1-3H,4-5,14H2. The van der Waals surface area contributed by atoms with Crippen LogP contribution in [-0.4, -0.2) is 23.7 Å². The zero-order valence-corrected chi connectivity index (χ0v) is 10.7. The minimum absolute atomic E-state index is 0.0746. The number of alkyl halides is 3. The first-order valence-corrected chi connectivity index (χ1v) is 6.67. The summed E-state index contributed by atoms with van der Waals surface area (Å²) < 4.78 is 41.6. The van der Waals surface area contributed by atoms with Crippen molar-refractivity contribution >= 4 is 39.0 Å². The van der Waals surface area contributed by atoms with Crippen LogP contribution in [0.15, 0.2) is 22.5 Å². The summed E-state index contributed by atoms with van der Waals surface area (Å²) in [6.45, 7) is -1.24. The van der Waals surface area contributed by atoms with Crippen LogP contribution in [0.2, 0.25) is 0 Å². The van der Waals surface area contributed by atoms with Crippen LogP contribution in [0.25, 0.3) is 10.2 Å². The van der Waals surface area contributed by atoms with Gasteiger partial charge in [-0.05, 0) is 18.2 Å². The second-order valence-corrected chi connectivity index (χ2v) is 5.63. The Morgan fingerprint density at radius 3 is 2.89 bits per heavy atom. The summed E-state index contributed by atoms with van der Waals surface area (Å²) in [6.07, 6.45) is -4.29. The first-order chi connectivity index (χ1) is 8.44. The molecule has 3 nitrogen and oxygen atoms in total. The van der Waals surface area contributed by atoms with Gasteiger partial charge in [-0.3, -0.25) is 0 Å². The number of benzene rings is 1. The smallest absolute Gasteiger partial charge is 0.399 e. The molecule has 2 aromatic rings. The topological polar surface area (TPSA) is 48.1 Å². The van der Waals surface area contributed by atoms with Crippen LogP contribution in [0.3, 0.4) is 0 Å². The first kappa shape index (κ1) is 13.4. The van der Waals surface area contributed by atoms with Gasteiger partial charge in [0.25, 0.3) is 0 Å². The maximum Gasteiger partial charge on any atom is 0.411 e. The Kier molecular flexibility index (Phi) is 3.98. The number of ether oxygens (including phenoxy) is 1. The van der Waals surface area contributed by atoms with Crippen LogP contribution in [0.1, 0.15) is 0 Å². The minimum Gasteiger partial charge on any atom is -0.399 e. The summed E-state index contributed by atoms with van der Waals surface area (Å²) in [7, 11) is 0. The zero-order chi connectivity index (χ0) is 13.2.